The summed E-state index contributed by atoms with van der Waals surface area (Å²) in [6.45, 7) is 2.61. The fourth-order valence-corrected chi connectivity index (χ4v) is 4.34. The number of aliphatic carboxylic acids is 1. The largest absolute Gasteiger partial charge is 0.481 e. The van der Waals surface area contributed by atoms with Crippen molar-refractivity contribution in [1.82, 2.24) is 9.88 Å². The van der Waals surface area contributed by atoms with Gasteiger partial charge in [0.1, 0.15) is 10.5 Å². The molecule has 1 aliphatic heterocycles. The maximum absolute atomic E-state index is 12.8. The van der Waals surface area contributed by atoms with Crippen molar-refractivity contribution in [3.63, 3.8) is 0 Å². The van der Waals surface area contributed by atoms with Crippen LogP contribution in [0.15, 0.2) is 12.1 Å². The Bertz CT molecular complexity index is 855. The molecule has 1 aliphatic rings. The van der Waals surface area contributed by atoms with Crippen molar-refractivity contribution in [3.8, 4) is 0 Å². The molecule has 3 rings (SSSR count). The first-order valence-electron chi connectivity index (χ1n) is 8.15. The van der Waals surface area contributed by atoms with E-state index in [0.29, 0.717) is 41.8 Å². The van der Waals surface area contributed by atoms with E-state index < -0.39 is 17.8 Å². The molecule has 1 amide bonds. The quantitative estimate of drug-likeness (QED) is 0.867. The minimum atomic E-state index is -4.53. The van der Waals surface area contributed by atoms with Gasteiger partial charge in [0.25, 0.3) is 5.91 Å². The first kappa shape index (κ1) is 18.6. The Balaban J connectivity index is 1.81. The minimum absolute atomic E-state index is 0.0519. The van der Waals surface area contributed by atoms with E-state index in [-0.39, 0.29) is 23.1 Å². The molecule has 9 heteroatoms. The highest BCUT2D eigenvalue weighted by Gasteiger charge is 2.33. The van der Waals surface area contributed by atoms with E-state index in [0.717, 1.165) is 17.4 Å². The van der Waals surface area contributed by atoms with Crippen LogP contribution in [0.1, 0.15) is 40.2 Å². The van der Waals surface area contributed by atoms with Gasteiger partial charge < -0.3 is 10.0 Å². The van der Waals surface area contributed by atoms with E-state index in [1.807, 2.05) is 0 Å². The molecule has 26 heavy (non-hydrogen) atoms. The molecule has 1 saturated heterocycles. The zero-order valence-electron chi connectivity index (χ0n) is 14.0. The van der Waals surface area contributed by atoms with Gasteiger partial charge in [-0.15, -0.1) is 11.3 Å². The van der Waals surface area contributed by atoms with Gasteiger partial charge in [-0.1, -0.05) is 0 Å². The van der Waals surface area contributed by atoms with Crippen LogP contribution in [0.4, 0.5) is 13.2 Å². The summed E-state index contributed by atoms with van der Waals surface area (Å²) in [6, 6.07) is 2.28. The van der Waals surface area contributed by atoms with Crippen molar-refractivity contribution in [1.29, 1.82) is 0 Å². The lowest BCUT2D eigenvalue weighted by molar-refractivity contribution is -0.141. The van der Waals surface area contributed by atoms with Crippen molar-refractivity contribution < 1.29 is 27.9 Å². The number of alkyl halides is 3. The third-order valence-corrected chi connectivity index (χ3v) is 5.84. The first-order valence-corrected chi connectivity index (χ1v) is 8.97. The average molecular weight is 386 g/mol. The highest BCUT2D eigenvalue weighted by atomic mass is 32.1. The number of aromatic nitrogens is 1. The first-order chi connectivity index (χ1) is 12.2. The second-order valence-corrected chi connectivity index (χ2v) is 7.44. The Morgan fingerprint density at radius 3 is 2.54 bits per heavy atom. The highest BCUT2D eigenvalue weighted by molar-refractivity contribution is 7.20. The number of likely N-dealkylation sites (tertiary alicyclic amines) is 1. The van der Waals surface area contributed by atoms with Crippen molar-refractivity contribution in [2.45, 2.75) is 32.4 Å². The predicted molar refractivity (Wildman–Crippen MR) is 90.2 cm³/mol. The van der Waals surface area contributed by atoms with Crippen LogP contribution in [-0.2, 0) is 11.0 Å². The van der Waals surface area contributed by atoms with Gasteiger partial charge in [0.05, 0.1) is 4.88 Å². The molecule has 5 nitrogen and oxygen atoms in total. The number of amides is 1. The zero-order valence-corrected chi connectivity index (χ0v) is 14.8. The lowest BCUT2D eigenvalue weighted by Crippen LogP contribution is -2.38. The Hall–Kier alpha value is -2.16. The van der Waals surface area contributed by atoms with Crippen LogP contribution in [0.25, 0.3) is 10.2 Å². The molecular weight excluding hydrogens is 369 g/mol. The zero-order chi connectivity index (χ0) is 19.1. The minimum Gasteiger partial charge on any atom is -0.481 e. The van der Waals surface area contributed by atoms with Crippen LogP contribution in [-0.4, -0.2) is 40.0 Å². The Morgan fingerprint density at radius 2 is 1.96 bits per heavy atom. The highest BCUT2D eigenvalue weighted by Crippen LogP contribution is 2.35. The molecule has 1 fully saturated rings. The number of carbonyl (C=O) groups excluding carboxylic acids is 1. The number of rotatable bonds is 3. The molecule has 0 spiro atoms. The van der Waals surface area contributed by atoms with Gasteiger partial charge in [-0.25, -0.2) is 4.98 Å². The monoisotopic (exact) mass is 386 g/mol. The van der Waals surface area contributed by atoms with Gasteiger partial charge in [0.15, 0.2) is 0 Å². The number of carboxylic acids is 1. The van der Waals surface area contributed by atoms with Crippen LogP contribution in [0.3, 0.4) is 0 Å². The molecule has 1 N–H and O–H groups in total. The van der Waals surface area contributed by atoms with Crippen LogP contribution < -0.4 is 0 Å². The SMILES string of the molecule is Cc1c(C(=O)N2CCC(CC(=O)O)CC2)sc2nc(C(F)(F)F)ccc12. The maximum atomic E-state index is 12.8. The van der Waals surface area contributed by atoms with Crippen LogP contribution in [0, 0.1) is 12.8 Å². The molecule has 140 valence electrons. The molecular formula is C17H17F3N2O3S. The Kier molecular flexibility index (Phi) is 4.92. The Morgan fingerprint density at radius 1 is 1.31 bits per heavy atom. The number of thiophene rings is 1. The summed E-state index contributed by atoms with van der Waals surface area (Å²) in [7, 11) is 0. The molecule has 2 aromatic rings. The molecule has 0 unspecified atom stereocenters. The average Bonchev–Trinajstić information content (AvgIpc) is 2.90. The number of halogens is 3. The van der Waals surface area contributed by atoms with E-state index in [4.69, 9.17) is 5.11 Å². The smallest absolute Gasteiger partial charge is 0.433 e. The number of carbonyl (C=O) groups is 2. The molecule has 0 atom stereocenters. The van der Waals surface area contributed by atoms with E-state index in [1.165, 1.54) is 6.07 Å². The van der Waals surface area contributed by atoms with Crippen molar-refractivity contribution in [3.05, 3.63) is 28.3 Å². The van der Waals surface area contributed by atoms with Gasteiger partial charge in [-0.05, 0) is 43.4 Å². The normalized spacial score (nSPS) is 16.2. The second-order valence-electron chi connectivity index (χ2n) is 6.44. The van der Waals surface area contributed by atoms with E-state index in [1.54, 1.807) is 11.8 Å². The molecule has 0 aromatic carbocycles. The number of nitrogens with zero attached hydrogens (tertiary/aromatic N) is 2. The second kappa shape index (κ2) is 6.86. The van der Waals surface area contributed by atoms with Crippen molar-refractivity contribution in [2.24, 2.45) is 5.92 Å². The molecule has 0 saturated carbocycles. The summed E-state index contributed by atoms with van der Waals surface area (Å²) in [6.07, 6.45) is -3.22. The fourth-order valence-electron chi connectivity index (χ4n) is 3.19. The summed E-state index contributed by atoms with van der Waals surface area (Å²) in [5.74, 6) is -1.02. The summed E-state index contributed by atoms with van der Waals surface area (Å²) in [5.41, 5.74) is -0.344. The summed E-state index contributed by atoms with van der Waals surface area (Å²) in [4.78, 5) is 29.4. The van der Waals surface area contributed by atoms with Gasteiger partial charge in [0, 0.05) is 24.9 Å². The van der Waals surface area contributed by atoms with Crippen LogP contribution in [0.5, 0.6) is 0 Å². The molecule has 0 aliphatic carbocycles. The third kappa shape index (κ3) is 3.67. The third-order valence-electron chi connectivity index (χ3n) is 4.65. The van der Waals surface area contributed by atoms with Gasteiger partial charge in [0.2, 0.25) is 0 Å². The fraction of sp³-hybridized carbons (Fsp3) is 0.471. The number of aryl methyl sites for hydroxylation is 1. The van der Waals surface area contributed by atoms with E-state index in [9.17, 15) is 22.8 Å². The lowest BCUT2D eigenvalue weighted by atomic mass is 9.93. The van der Waals surface area contributed by atoms with E-state index >= 15 is 0 Å². The van der Waals surface area contributed by atoms with Crippen molar-refractivity contribution >= 4 is 33.4 Å². The van der Waals surface area contributed by atoms with Crippen LogP contribution in [0.2, 0.25) is 0 Å². The molecule has 0 radical (unpaired) electrons. The topological polar surface area (TPSA) is 70.5 Å². The number of piperidine rings is 1. The predicted octanol–water partition coefficient (Wildman–Crippen LogP) is 3.95. The van der Waals surface area contributed by atoms with E-state index in [2.05, 4.69) is 4.98 Å². The van der Waals surface area contributed by atoms with Gasteiger partial charge >= 0.3 is 12.1 Å². The molecule has 3 heterocycles. The lowest BCUT2D eigenvalue weighted by Gasteiger charge is -2.31. The number of pyridine rings is 1. The summed E-state index contributed by atoms with van der Waals surface area (Å²) >= 11 is 0.971. The Labute approximate surface area is 151 Å². The molecule has 2 aromatic heterocycles. The number of hydrogen-bond donors (Lipinski definition) is 1. The summed E-state index contributed by atoms with van der Waals surface area (Å²) in [5, 5.41) is 9.40. The van der Waals surface area contributed by atoms with Crippen LogP contribution >= 0.6 is 11.3 Å². The number of fused-ring (bicyclic) bond motifs is 1. The van der Waals surface area contributed by atoms with Gasteiger partial charge in [-0.3, -0.25) is 9.59 Å². The number of hydrogen-bond acceptors (Lipinski definition) is 4. The molecule has 0 bridgehead atoms. The standard InChI is InChI=1S/C17H17F3N2O3S/c1-9-11-2-3-12(17(18,19)20)21-15(11)26-14(9)16(25)22-6-4-10(5-7-22)8-13(23)24/h2-3,10H,4-8H2,1H3,(H,23,24). The maximum Gasteiger partial charge on any atom is 0.433 e. The summed E-state index contributed by atoms with van der Waals surface area (Å²) < 4.78 is 38.5. The van der Waals surface area contributed by atoms with Gasteiger partial charge in [-0.2, -0.15) is 13.2 Å². The number of carboxylic acid groups (broad SMARTS) is 1. The van der Waals surface area contributed by atoms with Crippen molar-refractivity contribution in [2.75, 3.05) is 13.1 Å².